The molecule has 1 aromatic rings. The fraction of sp³-hybridized carbons (Fsp3) is 0.611. The molecule has 3 aliphatic rings. The number of aromatic nitrogens is 1. The molecule has 1 N–H and O–H groups in total. The molecule has 4 rings (SSSR count). The molecule has 0 spiro atoms. The molecule has 0 aromatic carbocycles. The van der Waals surface area contributed by atoms with Crippen molar-refractivity contribution in [3.63, 3.8) is 0 Å². The summed E-state index contributed by atoms with van der Waals surface area (Å²) in [6, 6.07) is 5.33. The minimum atomic E-state index is -0.882. The molecule has 0 radical (unpaired) electrons. The number of hydrogen-bond donors (Lipinski definition) is 1. The van der Waals surface area contributed by atoms with Crippen molar-refractivity contribution in [2.45, 2.75) is 32.7 Å². The van der Waals surface area contributed by atoms with Crippen molar-refractivity contribution < 1.29 is 14.7 Å². The van der Waals surface area contributed by atoms with Gasteiger partial charge in [0.1, 0.15) is 0 Å². The molecule has 1 aliphatic carbocycles. The summed E-state index contributed by atoms with van der Waals surface area (Å²) in [5.74, 6) is -1.49. The summed E-state index contributed by atoms with van der Waals surface area (Å²) < 4.78 is 1.84. The van der Waals surface area contributed by atoms with Gasteiger partial charge in [0, 0.05) is 37.3 Å². The Morgan fingerprint density at radius 3 is 2.58 bits per heavy atom. The summed E-state index contributed by atoms with van der Waals surface area (Å²) in [6.45, 7) is 5.56. The molecule has 1 saturated heterocycles. The van der Waals surface area contributed by atoms with Crippen LogP contribution in [0.4, 0.5) is 0 Å². The predicted octanol–water partition coefficient (Wildman–Crippen LogP) is 1.15. The average Bonchev–Trinajstić information content (AvgIpc) is 3.10. The third-order valence-corrected chi connectivity index (χ3v) is 6.15. The van der Waals surface area contributed by atoms with Crippen molar-refractivity contribution in [2.75, 3.05) is 13.1 Å². The first-order valence-corrected chi connectivity index (χ1v) is 8.52. The average molecular weight is 330 g/mol. The lowest BCUT2D eigenvalue weighted by atomic mass is 9.83. The molecule has 2 aliphatic heterocycles. The molecule has 3 heterocycles. The van der Waals surface area contributed by atoms with E-state index in [0.717, 1.165) is 12.1 Å². The Morgan fingerprint density at radius 1 is 1.17 bits per heavy atom. The number of amides is 1. The van der Waals surface area contributed by atoms with Gasteiger partial charge in [0.15, 0.2) is 0 Å². The number of pyridine rings is 1. The molecule has 6 nitrogen and oxygen atoms in total. The maximum atomic E-state index is 12.9. The summed E-state index contributed by atoms with van der Waals surface area (Å²) in [5, 5.41) is 9.32. The van der Waals surface area contributed by atoms with Crippen molar-refractivity contribution in [3.8, 4) is 0 Å². The van der Waals surface area contributed by atoms with E-state index in [1.165, 1.54) is 0 Å². The largest absolute Gasteiger partial charge is 0.481 e. The summed E-state index contributed by atoms with van der Waals surface area (Å²) in [5.41, 5.74) is 0.557. The van der Waals surface area contributed by atoms with Crippen LogP contribution in [0.15, 0.2) is 23.0 Å². The third-order valence-electron chi connectivity index (χ3n) is 6.15. The van der Waals surface area contributed by atoms with E-state index >= 15 is 0 Å². The zero-order valence-electron chi connectivity index (χ0n) is 13.9. The quantitative estimate of drug-likeness (QED) is 0.882. The Labute approximate surface area is 140 Å². The van der Waals surface area contributed by atoms with E-state index in [1.54, 1.807) is 12.1 Å². The number of carbonyl (C=O) groups is 2. The number of fused-ring (bicyclic) bond motifs is 4. The van der Waals surface area contributed by atoms with Gasteiger partial charge in [-0.05, 0) is 23.8 Å². The lowest BCUT2D eigenvalue weighted by molar-refractivity contribution is -0.142. The zero-order chi connectivity index (χ0) is 17.2. The molecule has 4 atom stereocenters. The van der Waals surface area contributed by atoms with E-state index in [9.17, 15) is 19.5 Å². The molecule has 0 unspecified atom stereocenters. The second-order valence-electron chi connectivity index (χ2n) is 8.06. The van der Waals surface area contributed by atoms with Gasteiger partial charge < -0.3 is 14.6 Å². The van der Waals surface area contributed by atoms with Crippen LogP contribution < -0.4 is 5.56 Å². The molecule has 2 bridgehead atoms. The maximum Gasteiger partial charge on any atom is 0.307 e. The first-order chi connectivity index (χ1) is 11.3. The van der Waals surface area contributed by atoms with Gasteiger partial charge in [-0.2, -0.15) is 0 Å². The minimum Gasteiger partial charge on any atom is -0.481 e. The van der Waals surface area contributed by atoms with E-state index in [-0.39, 0.29) is 23.3 Å². The maximum absolute atomic E-state index is 12.9. The van der Waals surface area contributed by atoms with Crippen molar-refractivity contribution in [1.29, 1.82) is 0 Å². The summed E-state index contributed by atoms with van der Waals surface area (Å²) in [4.78, 5) is 38.1. The number of rotatable bonds is 2. The Bertz CT molecular complexity index is 781. The van der Waals surface area contributed by atoms with Gasteiger partial charge in [-0.25, -0.2) is 0 Å². The topological polar surface area (TPSA) is 79.6 Å². The molecule has 1 saturated carbocycles. The summed E-state index contributed by atoms with van der Waals surface area (Å²) >= 11 is 0. The highest BCUT2D eigenvalue weighted by atomic mass is 16.4. The van der Waals surface area contributed by atoms with Crippen LogP contribution in [0, 0.1) is 23.2 Å². The van der Waals surface area contributed by atoms with Gasteiger partial charge in [0.25, 0.3) is 5.56 Å². The van der Waals surface area contributed by atoms with Crippen LogP contribution >= 0.6 is 0 Å². The van der Waals surface area contributed by atoms with Gasteiger partial charge in [-0.1, -0.05) is 19.9 Å². The van der Waals surface area contributed by atoms with Crippen LogP contribution in [-0.2, 0) is 16.1 Å². The molecule has 24 heavy (non-hydrogen) atoms. The fourth-order valence-electron chi connectivity index (χ4n) is 4.83. The fourth-order valence-corrected chi connectivity index (χ4v) is 4.83. The van der Waals surface area contributed by atoms with Crippen molar-refractivity contribution in [3.05, 3.63) is 34.2 Å². The van der Waals surface area contributed by atoms with Crippen molar-refractivity contribution in [2.24, 2.45) is 23.2 Å². The van der Waals surface area contributed by atoms with E-state index in [4.69, 9.17) is 0 Å². The molecular formula is C18H22N2O4. The Hall–Kier alpha value is -2.11. The highest BCUT2D eigenvalue weighted by Gasteiger charge is 2.66. The molecule has 6 heteroatoms. The monoisotopic (exact) mass is 330 g/mol. The second-order valence-corrected chi connectivity index (χ2v) is 8.06. The standard InChI is InChI=1S/C18H22N2O4/c1-18(2)14(15(18)17(23)24)16(22)19-7-10-6-11(9-19)12-4-3-5-13(21)20(12)8-10/h3-5,10-11,14-15H,6-9H2,1-2H3,(H,23,24)/t10-,11-,14-,15+/m0/s1. The van der Waals surface area contributed by atoms with Gasteiger partial charge in [-0.15, -0.1) is 0 Å². The SMILES string of the molecule is CC1(C)[C@H](C(=O)N2C[C@@H]3C[C@@H](C2)c2cccc(=O)n2C3)[C@@H]1C(=O)O. The van der Waals surface area contributed by atoms with Crippen LogP contribution in [0.2, 0.25) is 0 Å². The lowest BCUT2D eigenvalue weighted by Crippen LogP contribution is -2.49. The predicted molar refractivity (Wildman–Crippen MR) is 86.5 cm³/mol. The first kappa shape index (κ1) is 15.4. The van der Waals surface area contributed by atoms with E-state index < -0.39 is 23.2 Å². The van der Waals surface area contributed by atoms with Crippen LogP contribution in [0.3, 0.4) is 0 Å². The van der Waals surface area contributed by atoms with Gasteiger partial charge in [0.05, 0.1) is 11.8 Å². The highest BCUT2D eigenvalue weighted by Crippen LogP contribution is 2.59. The molecule has 2 fully saturated rings. The van der Waals surface area contributed by atoms with Gasteiger partial charge in [0.2, 0.25) is 5.91 Å². The number of hydrogen-bond acceptors (Lipinski definition) is 3. The number of carboxylic acid groups (broad SMARTS) is 1. The number of nitrogens with zero attached hydrogens (tertiary/aromatic N) is 2. The van der Waals surface area contributed by atoms with Crippen LogP contribution in [-0.4, -0.2) is 39.5 Å². The second kappa shape index (κ2) is 4.94. The highest BCUT2D eigenvalue weighted by molar-refractivity contribution is 5.91. The number of aliphatic carboxylic acids is 1. The number of carbonyl (C=O) groups excluding carboxylic acids is 1. The molecule has 128 valence electrons. The van der Waals surface area contributed by atoms with E-state index in [1.807, 2.05) is 29.4 Å². The lowest BCUT2D eigenvalue weighted by Gasteiger charge is -2.43. The zero-order valence-corrected chi connectivity index (χ0v) is 13.9. The Kier molecular flexibility index (Phi) is 3.18. The first-order valence-electron chi connectivity index (χ1n) is 8.52. The van der Waals surface area contributed by atoms with E-state index in [0.29, 0.717) is 19.6 Å². The molecule has 1 aromatic heterocycles. The smallest absolute Gasteiger partial charge is 0.307 e. The van der Waals surface area contributed by atoms with Gasteiger partial charge in [-0.3, -0.25) is 14.4 Å². The summed E-state index contributed by atoms with van der Waals surface area (Å²) in [6.07, 6.45) is 0.990. The number of likely N-dealkylation sites (tertiary alicyclic amines) is 1. The summed E-state index contributed by atoms with van der Waals surface area (Å²) in [7, 11) is 0. The van der Waals surface area contributed by atoms with E-state index in [2.05, 4.69) is 0 Å². The number of carboxylic acids is 1. The molecular weight excluding hydrogens is 308 g/mol. The Morgan fingerprint density at radius 2 is 1.92 bits per heavy atom. The van der Waals surface area contributed by atoms with Crippen molar-refractivity contribution >= 4 is 11.9 Å². The normalized spacial score (nSPS) is 32.8. The van der Waals surface area contributed by atoms with Crippen LogP contribution in [0.1, 0.15) is 31.9 Å². The van der Waals surface area contributed by atoms with Crippen molar-refractivity contribution in [1.82, 2.24) is 9.47 Å². The molecule has 1 amide bonds. The minimum absolute atomic E-state index is 0.0243. The Balaban J connectivity index is 1.58. The van der Waals surface area contributed by atoms with Crippen LogP contribution in [0.5, 0.6) is 0 Å². The number of piperidine rings is 1. The third kappa shape index (κ3) is 2.12. The van der Waals surface area contributed by atoms with Gasteiger partial charge >= 0.3 is 5.97 Å². The van der Waals surface area contributed by atoms with Crippen LogP contribution in [0.25, 0.3) is 0 Å².